The van der Waals surface area contributed by atoms with E-state index in [1.165, 1.54) is 6.42 Å². The SMILES string of the molecule is COc1ccc(CN2CCN(C(=O)C3(c4ccc5c(c4)OCO5)CCCCC3)CC2)c(OC)c1OC. The Kier molecular flexibility index (Phi) is 7.14. The number of piperazine rings is 1. The summed E-state index contributed by atoms with van der Waals surface area (Å²) in [7, 11) is 4.89. The first kappa shape index (κ1) is 24.6. The van der Waals surface area contributed by atoms with E-state index in [-0.39, 0.29) is 12.7 Å². The molecule has 1 saturated carbocycles. The molecule has 0 unspecified atom stereocenters. The van der Waals surface area contributed by atoms with Crippen LogP contribution in [0.2, 0.25) is 0 Å². The van der Waals surface area contributed by atoms with E-state index in [1.807, 2.05) is 24.3 Å². The lowest BCUT2D eigenvalue weighted by Gasteiger charge is -2.43. The Hall–Kier alpha value is -3.13. The molecule has 3 aliphatic rings. The minimum atomic E-state index is -0.478. The van der Waals surface area contributed by atoms with Crippen molar-refractivity contribution in [2.24, 2.45) is 0 Å². The van der Waals surface area contributed by atoms with Gasteiger partial charge in [0.1, 0.15) is 0 Å². The van der Waals surface area contributed by atoms with Crippen molar-refractivity contribution in [2.75, 3.05) is 54.3 Å². The van der Waals surface area contributed by atoms with E-state index in [4.69, 9.17) is 23.7 Å². The largest absolute Gasteiger partial charge is 0.493 e. The smallest absolute Gasteiger partial charge is 0.233 e. The lowest BCUT2D eigenvalue weighted by molar-refractivity contribution is -0.140. The number of carbonyl (C=O) groups excluding carboxylic acids is 1. The Balaban J connectivity index is 1.30. The molecule has 2 aliphatic heterocycles. The highest BCUT2D eigenvalue weighted by atomic mass is 16.7. The Morgan fingerprint density at radius 3 is 2.28 bits per heavy atom. The van der Waals surface area contributed by atoms with E-state index in [0.29, 0.717) is 30.3 Å². The van der Waals surface area contributed by atoms with Gasteiger partial charge in [-0.05, 0) is 36.6 Å². The van der Waals surface area contributed by atoms with Crippen molar-refractivity contribution in [1.29, 1.82) is 0 Å². The van der Waals surface area contributed by atoms with Gasteiger partial charge in [0.25, 0.3) is 0 Å². The lowest BCUT2D eigenvalue weighted by Crippen LogP contribution is -2.55. The van der Waals surface area contributed by atoms with Gasteiger partial charge in [-0.25, -0.2) is 0 Å². The zero-order chi connectivity index (χ0) is 25.1. The van der Waals surface area contributed by atoms with Crippen LogP contribution >= 0.6 is 0 Å². The first-order valence-electron chi connectivity index (χ1n) is 12.8. The zero-order valence-corrected chi connectivity index (χ0v) is 21.5. The van der Waals surface area contributed by atoms with Crippen molar-refractivity contribution < 1.29 is 28.5 Å². The number of benzene rings is 2. The van der Waals surface area contributed by atoms with Crippen molar-refractivity contribution in [3.8, 4) is 28.7 Å². The number of methoxy groups -OCH3 is 3. The number of amides is 1. The second-order valence-corrected chi connectivity index (χ2v) is 9.77. The molecule has 1 aliphatic carbocycles. The van der Waals surface area contributed by atoms with Crippen LogP contribution in [0.25, 0.3) is 0 Å². The number of carbonyl (C=O) groups is 1. The van der Waals surface area contributed by atoms with Crippen molar-refractivity contribution in [1.82, 2.24) is 9.80 Å². The van der Waals surface area contributed by atoms with Crippen LogP contribution in [0.1, 0.15) is 43.2 Å². The predicted molar refractivity (Wildman–Crippen MR) is 135 cm³/mol. The minimum absolute atomic E-state index is 0.243. The molecule has 0 radical (unpaired) electrons. The monoisotopic (exact) mass is 496 g/mol. The highest BCUT2D eigenvalue weighted by molar-refractivity contribution is 5.89. The molecule has 2 heterocycles. The standard InChI is InChI=1S/C28H36N2O6/c1-32-23-9-7-20(25(33-2)26(23)34-3)18-29-13-15-30(16-14-29)27(31)28(11-5-4-6-12-28)21-8-10-22-24(17-21)36-19-35-22/h7-10,17H,4-6,11-16,18-19H2,1-3H3. The number of hydrogen-bond acceptors (Lipinski definition) is 7. The third-order valence-electron chi connectivity index (χ3n) is 7.88. The second kappa shape index (κ2) is 10.5. The van der Waals surface area contributed by atoms with Gasteiger partial charge < -0.3 is 28.6 Å². The molecule has 36 heavy (non-hydrogen) atoms. The quantitative estimate of drug-likeness (QED) is 0.574. The molecule has 2 fully saturated rings. The number of rotatable bonds is 7. The summed E-state index contributed by atoms with van der Waals surface area (Å²) >= 11 is 0. The van der Waals surface area contributed by atoms with Crippen molar-refractivity contribution >= 4 is 5.91 Å². The summed E-state index contributed by atoms with van der Waals surface area (Å²) in [4.78, 5) is 18.5. The second-order valence-electron chi connectivity index (χ2n) is 9.77. The van der Waals surface area contributed by atoms with E-state index in [1.54, 1.807) is 21.3 Å². The third kappa shape index (κ3) is 4.43. The number of ether oxygens (including phenoxy) is 5. The Morgan fingerprint density at radius 2 is 1.58 bits per heavy atom. The van der Waals surface area contributed by atoms with Crippen LogP contribution in [0.5, 0.6) is 28.7 Å². The Labute approximate surface area is 213 Å². The van der Waals surface area contributed by atoms with Crippen molar-refractivity contribution in [2.45, 2.75) is 44.1 Å². The van der Waals surface area contributed by atoms with Gasteiger partial charge in [-0.2, -0.15) is 0 Å². The first-order chi connectivity index (χ1) is 17.6. The van der Waals surface area contributed by atoms with Gasteiger partial charge in [-0.15, -0.1) is 0 Å². The van der Waals surface area contributed by atoms with Gasteiger partial charge in [0.05, 0.1) is 26.7 Å². The number of nitrogens with zero attached hydrogens (tertiary/aromatic N) is 2. The third-order valence-corrected chi connectivity index (χ3v) is 7.88. The lowest BCUT2D eigenvalue weighted by atomic mass is 9.68. The van der Waals surface area contributed by atoms with Gasteiger partial charge in [0.2, 0.25) is 18.4 Å². The van der Waals surface area contributed by atoms with Crippen LogP contribution in [0.3, 0.4) is 0 Å². The van der Waals surface area contributed by atoms with E-state index >= 15 is 0 Å². The van der Waals surface area contributed by atoms with Gasteiger partial charge in [0, 0.05) is 38.3 Å². The molecule has 8 heteroatoms. The van der Waals surface area contributed by atoms with Crippen LogP contribution < -0.4 is 23.7 Å². The summed E-state index contributed by atoms with van der Waals surface area (Å²) in [6, 6.07) is 9.99. The maximum Gasteiger partial charge on any atom is 0.233 e. The zero-order valence-electron chi connectivity index (χ0n) is 21.5. The fourth-order valence-electron chi connectivity index (χ4n) is 5.92. The summed E-state index contributed by atoms with van der Waals surface area (Å²) in [6.07, 6.45) is 5.09. The van der Waals surface area contributed by atoms with Crippen LogP contribution in [-0.2, 0) is 16.8 Å². The number of fused-ring (bicyclic) bond motifs is 1. The molecule has 0 aromatic heterocycles. The van der Waals surface area contributed by atoms with Crippen LogP contribution in [0.4, 0.5) is 0 Å². The molecule has 0 spiro atoms. The summed E-state index contributed by atoms with van der Waals surface area (Å²) < 4.78 is 27.8. The molecule has 194 valence electrons. The van der Waals surface area contributed by atoms with E-state index in [0.717, 1.165) is 67.9 Å². The van der Waals surface area contributed by atoms with Crippen LogP contribution in [0.15, 0.2) is 30.3 Å². The highest BCUT2D eigenvalue weighted by Gasteiger charge is 2.44. The minimum Gasteiger partial charge on any atom is -0.493 e. The topological polar surface area (TPSA) is 69.7 Å². The highest BCUT2D eigenvalue weighted by Crippen LogP contribution is 2.45. The molecular weight excluding hydrogens is 460 g/mol. The van der Waals surface area contributed by atoms with Crippen molar-refractivity contribution in [3.63, 3.8) is 0 Å². The molecule has 0 atom stereocenters. The molecule has 1 amide bonds. The molecule has 2 aromatic rings. The fourth-order valence-corrected chi connectivity index (χ4v) is 5.92. The molecule has 8 nitrogen and oxygen atoms in total. The van der Waals surface area contributed by atoms with Gasteiger partial charge >= 0.3 is 0 Å². The van der Waals surface area contributed by atoms with E-state index in [9.17, 15) is 4.79 Å². The molecular formula is C28H36N2O6. The normalized spacial score (nSPS) is 19.1. The van der Waals surface area contributed by atoms with Gasteiger partial charge in [0.15, 0.2) is 23.0 Å². The maximum atomic E-state index is 14.1. The molecule has 0 bridgehead atoms. The van der Waals surface area contributed by atoms with Crippen molar-refractivity contribution in [3.05, 3.63) is 41.5 Å². The summed E-state index contributed by atoms with van der Waals surface area (Å²) in [5.41, 5.74) is 1.63. The average Bonchev–Trinajstić information content (AvgIpc) is 3.41. The molecule has 2 aromatic carbocycles. The number of hydrogen-bond donors (Lipinski definition) is 0. The maximum absolute atomic E-state index is 14.1. The predicted octanol–water partition coefficient (Wildman–Crippen LogP) is 3.99. The van der Waals surface area contributed by atoms with E-state index in [2.05, 4.69) is 15.9 Å². The van der Waals surface area contributed by atoms with E-state index < -0.39 is 5.41 Å². The fraction of sp³-hybridized carbons (Fsp3) is 0.536. The van der Waals surface area contributed by atoms with Crippen LogP contribution in [0, 0.1) is 0 Å². The van der Waals surface area contributed by atoms with Gasteiger partial charge in [-0.1, -0.05) is 31.4 Å². The average molecular weight is 497 g/mol. The molecule has 0 N–H and O–H groups in total. The summed E-state index contributed by atoms with van der Waals surface area (Å²) in [6.45, 7) is 3.99. The molecule has 1 saturated heterocycles. The molecule has 5 rings (SSSR count). The van der Waals surface area contributed by atoms with Crippen LogP contribution in [-0.4, -0.2) is 70.0 Å². The van der Waals surface area contributed by atoms with Gasteiger partial charge in [-0.3, -0.25) is 9.69 Å². The Bertz CT molecular complexity index is 1090. The summed E-state index contributed by atoms with van der Waals surface area (Å²) in [5, 5.41) is 0. The first-order valence-corrected chi connectivity index (χ1v) is 12.8. The summed E-state index contributed by atoms with van der Waals surface area (Å²) in [5.74, 6) is 3.71. The Morgan fingerprint density at radius 1 is 0.861 bits per heavy atom.